The average Bonchev–Trinajstić information content (AvgIpc) is 3.47. The van der Waals surface area contributed by atoms with E-state index in [9.17, 15) is 4.39 Å². The number of halogens is 1. The molecule has 2 N–H and O–H groups in total. The van der Waals surface area contributed by atoms with Gasteiger partial charge in [0.05, 0.1) is 0 Å². The summed E-state index contributed by atoms with van der Waals surface area (Å²) in [6.07, 6.45) is 3.95. The van der Waals surface area contributed by atoms with Gasteiger partial charge in [-0.25, -0.2) is 4.39 Å². The first-order valence-electron chi connectivity index (χ1n) is 11.3. The molecule has 3 aliphatic rings. The molecule has 0 aromatic heterocycles. The number of hydrogen-bond acceptors (Lipinski definition) is 4. The number of hydrogen-bond donors (Lipinski definition) is 2. The van der Waals surface area contributed by atoms with Crippen molar-refractivity contribution >= 4 is 5.96 Å². The Hall–Kier alpha value is -2.80. The number of guanidine groups is 1. The molecule has 1 aliphatic carbocycles. The van der Waals surface area contributed by atoms with Gasteiger partial charge in [0.2, 0.25) is 6.79 Å². The van der Waals surface area contributed by atoms with Gasteiger partial charge in [0.1, 0.15) is 5.82 Å². The van der Waals surface area contributed by atoms with E-state index in [0.29, 0.717) is 0 Å². The first-order chi connectivity index (χ1) is 15.6. The Bertz CT molecular complexity index is 1000. The van der Waals surface area contributed by atoms with Crippen LogP contribution in [-0.4, -0.2) is 46.1 Å². The van der Waals surface area contributed by atoms with Gasteiger partial charge >= 0.3 is 0 Å². The highest BCUT2D eigenvalue weighted by Gasteiger charge is 2.44. The van der Waals surface area contributed by atoms with E-state index in [4.69, 9.17) is 14.2 Å². The van der Waals surface area contributed by atoms with Gasteiger partial charge in [0, 0.05) is 44.2 Å². The van der Waals surface area contributed by atoms with Crippen LogP contribution in [0.2, 0.25) is 0 Å². The number of aliphatic imine (C=N–C) groups is 1. The number of nitrogens with one attached hydrogen (secondary N) is 2. The van der Waals surface area contributed by atoms with Crippen LogP contribution in [-0.2, 0) is 15.6 Å². The molecule has 0 spiro atoms. The SMILES string of the molecule is CN=C(NCC1(c2ccc3c(c2)OCO3)CCOCC1)NCC1(c2cccc(F)c2)CC1. The van der Waals surface area contributed by atoms with E-state index in [1.165, 1.54) is 11.6 Å². The summed E-state index contributed by atoms with van der Waals surface area (Å²) in [6, 6.07) is 13.2. The third-order valence-electron chi connectivity index (χ3n) is 7.14. The van der Waals surface area contributed by atoms with Crippen LogP contribution in [0.5, 0.6) is 11.5 Å². The molecule has 0 amide bonds. The van der Waals surface area contributed by atoms with Crippen LogP contribution in [0.25, 0.3) is 0 Å². The first kappa shape index (κ1) is 21.1. The molecular formula is C25H30FN3O3. The van der Waals surface area contributed by atoms with Gasteiger partial charge in [-0.05, 0) is 61.1 Å². The van der Waals surface area contributed by atoms with Crippen LogP contribution in [0.4, 0.5) is 4.39 Å². The van der Waals surface area contributed by atoms with E-state index in [-0.39, 0.29) is 23.4 Å². The maximum Gasteiger partial charge on any atom is 0.231 e. The molecular weight excluding hydrogens is 409 g/mol. The summed E-state index contributed by atoms with van der Waals surface area (Å²) in [7, 11) is 1.79. The Labute approximate surface area is 188 Å². The number of rotatable bonds is 6. The molecule has 170 valence electrons. The molecule has 5 rings (SSSR count). The highest BCUT2D eigenvalue weighted by Crippen LogP contribution is 2.47. The minimum atomic E-state index is -0.179. The Morgan fingerprint density at radius 3 is 2.28 bits per heavy atom. The number of ether oxygens (including phenoxy) is 3. The van der Waals surface area contributed by atoms with Crippen LogP contribution in [0, 0.1) is 5.82 Å². The molecule has 6 nitrogen and oxygen atoms in total. The lowest BCUT2D eigenvalue weighted by Crippen LogP contribution is -2.49. The zero-order chi connectivity index (χ0) is 22.0. The van der Waals surface area contributed by atoms with Crippen molar-refractivity contribution in [2.24, 2.45) is 4.99 Å². The van der Waals surface area contributed by atoms with Crippen molar-refractivity contribution in [1.82, 2.24) is 10.6 Å². The standard InChI is InChI=1S/C25H30FN3O3/c1-27-23(28-15-24(7-8-24)18-3-2-4-20(26)13-18)29-16-25(9-11-30-12-10-25)19-5-6-21-22(14-19)32-17-31-21/h2-6,13-14H,7-12,15-17H2,1H3,(H2,27,28,29). The Morgan fingerprint density at radius 1 is 0.906 bits per heavy atom. The zero-order valence-electron chi connectivity index (χ0n) is 18.5. The van der Waals surface area contributed by atoms with Crippen molar-refractivity contribution in [3.8, 4) is 11.5 Å². The lowest BCUT2D eigenvalue weighted by molar-refractivity contribution is 0.0513. The molecule has 2 aromatic rings. The van der Waals surface area contributed by atoms with Crippen LogP contribution in [0.15, 0.2) is 47.5 Å². The molecule has 1 saturated heterocycles. The summed E-state index contributed by atoms with van der Waals surface area (Å²) < 4.78 is 30.5. The van der Waals surface area contributed by atoms with Crippen molar-refractivity contribution < 1.29 is 18.6 Å². The third kappa shape index (κ3) is 4.13. The fourth-order valence-corrected chi connectivity index (χ4v) is 4.82. The fraction of sp³-hybridized carbons (Fsp3) is 0.480. The molecule has 7 heteroatoms. The number of nitrogens with zero attached hydrogens (tertiary/aromatic N) is 1. The highest BCUT2D eigenvalue weighted by atomic mass is 19.1. The normalized spacial score (nSPS) is 20.6. The van der Waals surface area contributed by atoms with E-state index < -0.39 is 0 Å². The van der Waals surface area contributed by atoms with Gasteiger partial charge in [-0.1, -0.05) is 18.2 Å². The van der Waals surface area contributed by atoms with E-state index in [2.05, 4.69) is 27.8 Å². The molecule has 1 saturated carbocycles. The van der Waals surface area contributed by atoms with Crippen LogP contribution in [0.1, 0.15) is 36.8 Å². The van der Waals surface area contributed by atoms with Crippen molar-refractivity contribution in [3.05, 3.63) is 59.4 Å². The van der Waals surface area contributed by atoms with Crippen LogP contribution < -0.4 is 20.1 Å². The van der Waals surface area contributed by atoms with Crippen molar-refractivity contribution in [3.63, 3.8) is 0 Å². The predicted octanol–water partition coefficient (Wildman–Crippen LogP) is 3.50. The van der Waals surface area contributed by atoms with Crippen molar-refractivity contribution in [2.75, 3.05) is 40.1 Å². The Morgan fingerprint density at radius 2 is 1.59 bits per heavy atom. The van der Waals surface area contributed by atoms with Gasteiger partial charge < -0.3 is 24.8 Å². The molecule has 0 unspecified atom stereocenters. The third-order valence-corrected chi connectivity index (χ3v) is 7.14. The molecule has 32 heavy (non-hydrogen) atoms. The fourth-order valence-electron chi connectivity index (χ4n) is 4.82. The van der Waals surface area contributed by atoms with E-state index >= 15 is 0 Å². The summed E-state index contributed by atoms with van der Waals surface area (Å²) >= 11 is 0. The van der Waals surface area contributed by atoms with Crippen LogP contribution in [0.3, 0.4) is 0 Å². The smallest absolute Gasteiger partial charge is 0.231 e. The molecule has 2 heterocycles. The maximum atomic E-state index is 13.7. The van der Waals surface area contributed by atoms with Gasteiger partial charge in [-0.15, -0.1) is 0 Å². The molecule has 0 radical (unpaired) electrons. The minimum absolute atomic E-state index is 0.00654. The van der Waals surface area contributed by atoms with Crippen LogP contribution >= 0.6 is 0 Å². The Balaban J connectivity index is 1.26. The second kappa shape index (κ2) is 8.62. The van der Waals surface area contributed by atoms with Gasteiger partial charge in [0.25, 0.3) is 0 Å². The minimum Gasteiger partial charge on any atom is -0.454 e. The first-order valence-corrected chi connectivity index (χ1v) is 11.3. The molecule has 2 aromatic carbocycles. The predicted molar refractivity (Wildman–Crippen MR) is 121 cm³/mol. The highest BCUT2D eigenvalue weighted by molar-refractivity contribution is 5.80. The quantitative estimate of drug-likeness (QED) is 0.533. The summed E-state index contributed by atoms with van der Waals surface area (Å²) in [5, 5.41) is 7.03. The Kier molecular flexibility index (Phi) is 5.67. The van der Waals surface area contributed by atoms with E-state index in [1.807, 2.05) is 12.1 Å². The largest absolute Gasteiger partial charge is 0.454 e. The van der Waals surface area contributed by atoms with E-state index in [1.54, 1.807) is 19.2 Å². The van der Waals surface area contributed by atoms with Gasteiger partial charge in [-0.2, -0.15) is 0 Å². The second-order valence-electron chi connectivity index (χ2n) is 9.03. The average molecular weight is 440 g/mol. The van der Waals surface area contributed by atoms with Gasteiger partial charge in [0.15, 0.2) is 17.5 Å². The molecule has 2 aliphatic heterocycles. The number of fused-ring (bicyclic) bond motifs is 1. The molecule has 2 fully saturated rings. The maximum absolute atomic E-state index is 13.7. The van der Waals surface area contributed by atoms with Crippen molar-refractivity contribution in [1.29, 1.82) is 0 Å². The monoisotopic (exact) mass is 439 g/mol. The van der Waals surface area contributed by atoms with Crippen molar-refractivity contribution in [2.45, 2.75) is 36.5 Å². The lowest BCUT2D eigenvalue weighted by atomic mass is 9.74. The zero-order valence-corrected chi connectivity index (χ0v) is 18.5. The topological polar surface area (TPSA) is 64.1 Å². The summed E-state index contributed by atoms with van der Waals surface area (Å²) in [6.45, 7) is 3.20. The lowest BCUT2D eigenvalue weighted by Gasteiger charge is -2.38. The summed E-state index contributed by atoms with van der Waals surface area (Å²) in [5.74, 6) is 2.19. The second-order valence-corrected chi connectivity index (χ2v) is 9.03. The molecule has 0 atom stereocenters. The van der Waals surface area contributed by atoms with Gasteiger partial charge in [-0.3, -0.25) is 4.99 Å². The summed E-state index contributed by atoms with van der Waals surface area (Å²) in [4.78, 5) is 4.44. The molecule has 0 bridgehead atoms. The number of benzene rings is 2. The van der Waals surface area contributed by atoms with E-state index in [0.717, 1.165) is 75.0 Å². The summed E-state index contributed by atoms with van der Waals surface area (Å²) in [5.41, 5.74) is 2.21.